The molecular formula is C16H23N. The van der Waals surface area contributed by atoms with E-state index in [1.54, 1.807) is 0 Å². The van der Waals surface area contributed by atoms with Crippen molar-refractivity contribution in [3.63, 3.8) is 0 Å². The molecule has 1 nitrogen and oxygen atoms in total. The Morgan fingerprint density at radius 3 is 2.35 bits per heavy atom. The van der Waals surface area contributed by atoms with Crippen molar-refractivity contribution >= 4 is 0 Å². The van der Waals surface area contributed by atoms with Crippen LogP contribution in [0.3, 0.4) is 0 Å². The predicted molar refractivity (Wildman–Crippen MR) is 74.9 cm³/mol. The van der Waals surface area contributed by atoms with Crippen LogP contribution in [0.5, 0.6) is 0 Å². The van der Waals surface area contributed by atoms with Crippen LogP contribution in [0.25, 0.3) is 0 Å². The Bertz CT molecular complexity index is 401. The molecule has 1 saturated heterocycles. The molecular weight excluding hydrogens is 206 g/mol. The van der Waals surface area contributed by atoms with Crippen molar-refractivity contribution in [2.75, 3.05) is 13.1 Å². The van der Waals surface area contributed by atoms with Crippen molar-refractivity contribution in [3.8, 4) is 0 Å². The summed E-state index contributed by atoms with van der Waals surface area (Å²) in [5.74, 6) is 0. The fourth-order valence-electron chi connectivity index (χ4n) is 3.15. The van der Waals surface area contributed by atoms with Gasteiger partial charge in [0.25, 0.3) is 0 Å². The first-order valence-electron chi connectivity index (χ1n) is 6.64. The van der Waals surface area contributed by atoms with Crippen LogP contribution in [0.15, 0.2) is 47.1 Å². The highest BCUT2D eigenvalue weighted by atomic mass is 14.9. The lowest BCUT2D eigenvalue weighted by Crippen LogP contribution is -2.35. The van der Waals surface area contributed by atoms with Crippen molar-refractivity contribution in [3.05, 3.63) is 47.1 Å². The Labute approximate surface area is 105 Å². The monoisotopic (exact) mass is 229 g/mol. The zero-order chi connectivity index (χ0) is 12.3. The largest absolute Gasteiger partial charge is 0.317 e. The quantitative estimate of drug-likeness (QED) is 0.760. The van der Waals surface area contributed by atoms with Crippen LogP contribution in [0.4, 0.5) is 0 Å². The zero-order valence-corrected chi connectivity index (χ0v) is 11.2. The number of hydrogen-bond donors (Lipinski definition) is 1. The van der Waals surface area contributed by atoms with Crippen molar-refractivity contribution in [1.29, 1.82) is 0 Å². The van der Waals surface area contributed by atoms with E-state index in [4.69, 9.17) is 0 Å². The second-order valence-corrected chi connectivity index (χ2v) is 5.06. The van der Waals surface area contributed by atoms with Crippen molar-refractivity contribution < 1.29 is 0 Å². The zero-order valence-electron chi connectivity index (χ0n) is 11.2. The maximum atomic E-state index is 3.47. The van der Waals surface area contributed by atoms with Crippen LogP contribution in [0.2, 0.25) is 0 Å². The molecule has 92 valence electrons. The van der Waals surface area contributed by atoms with Gasteiger partial charge in [0, 0.05) is 5.41 Å². The molecule has 1 aliphatic heterocycles. The van der Waals surface area contributed by atoms with Gasteiger partial charge in [-0.2, -0.15) is 0 Å². The minimum atomic E-state index is 0.302. The summed E-state index contributed by atoms with van der Waals surface area (Å²) in [7, 11) is 0. The smallest absolute Gasteiger partial charge is 0.0168 e. The first-order valence-corrected chi connectivity index (χ1v) is 6.64. The van der Waals surface area contributed by atoms with E-state index in [0.29, 0.717) is 5.41 Å². The Morgan fingerprint density at radius 1 is 1.12 bits per heavy atom. The topological polar surface area (TPSA) is 12.0 Å². The molecule has 1 heterocycles. The molecule has 0 aromatic carbocycles. The molecule has 1 heteroatoms. The van der Waals surface area contributed by atoms with Gasteiger partial charge in [0.1, 0.15) is 0 Å². The molecule has 0 saturated carbocycles. The predicted octanol–water partition coefficient (Wildman–Crippen LogP) is 3.76. The van der Waals surface area contributed by atoms with Gasteiger partial charge in [-0.1, -0.05) is 30.4 Å². The molecule has 0 atom stereocenters. The van der Waals surface area contributed by atoms with Crippen LogP contribution < -0.4 is 5.32 Å². The van der Waals surface area contributed by atoms with Gasteiger partial charge in [-0.25, -0.2) is 0 Å². The average Bonchev–Trinajstić information content (AvgIpc) is 2.56. The summed E-state index contributed by atoms with van der Waals surface area (Å²) in [5, 5.41) is 3.47. The molecule has 0 radical (unpaired) electrons. The van der Waals surface area contributed by atoms with E-state index in [1.807, 2.05) is 0 Å². The number of hydrogen-bond acceptors (Lipinski definition) is 1. The third-order valence-corrected chi connectivity index (χ3v) is 3.91. The molecule has 0 amide bonds. The fraction of sp³-hybridized carbons (Fsp3) is 0.500. The summed E-state index contributed by atoms with van der Waals surface area (Å²) in [6.45, 7) is 8.72. The lowest BCUT2D eigenvalue weighted by molar-refractivity contribution is 0.333. The third-order valence-electron chi connectivity index (χ3n) is 3.91. The first-order chi connectivity index (χ1) is 8.23. The van der Waals surface area contributed by atoms with Crippen molar-refractivity contribution in [1.82, 2.24) is 5.32 Å². The second-order valence-electron chi connectivity index (χ2n) is 5.06. The number of piperidine rings is 1. The van der Waals surface area contributed by atoms with Gasteiger partial charge in [0.15, 0.2) is 0 Å². The van der Waals surface area contributed by atoms with Gasteiger partial charge in [0.2, 0.25) is 0 Å². The highest BCUT2D eigenvalue weighted by Gasteiger charge is 2.37. The van der Waals surface area contributed by atoms with Crippen LogP contribution in [-0.2, 0) is 0 Å². The highest BCUT2D eigenvalue weighted by Crippen LogP contribution is 2.48. The molecule has 0 aromatic rings. The van der Waals surface area contributed by atoms with Gasteiger partial charge in [0.05, 0.1) is 0 Å². The molecule has 2 aliphatic rings. The van der Waals surface area contributed by atoms with E-state index in [9.17, 15) is 0 Å². The molecule has 0 bridgehead atoms. The van der Waals surface area contributed by atoms with E-state index in [-0.39, 0.29) is 0 Å². The summed E-state index contributed by atoms with van der Waals surface area (Å²) in [6, 6.07) is 0. The van der Waals surface area contributed by atoms with Gasteiger partial charge < -0.3 is 5.32 Å². The standard InChI is InChI=1S/C16H23N/c1-4-6-14-13(3)12-16(15(14)7-5-2)8-10-17-11-9-16/h4-7,12,17H,8-11H2,1-3H3/b6-4-,7-5-. The molecule has 0 aromatic heterocycles. The molecule has 1 fully saturated rings. The Morgan fingerprint density at radius 2 is 1.76 bits per heavy atom. The lowest BCUT2D eigenvalue weighted by Gasteiger charge is -2.34. The average molecular weight is 229 g/mol. The summed E-state index contributed by atoms with van der Waals surface area (Å²) in [4.78, 5) is 0. The second kappa shape index (κ2) is 5.05. The molecule has 0 unspecified atom stereocenters. The minimum absolute atomic E-state index is 0.302. The number of rotatable bonds is 2. The SMILES string of the molecule is C/C=C\C1=C(/C=C\C)C2(C=C1C)CCNCC2. The van der Waals surface area contributed by atoms with Gasteiger partial charge in [-0.05, 0) is 63.4 Å². The van der Waals surface area contributed by atoms with Gasteiger partial charge in [-0.3, -0.25) is 0 Å². The van der Waals surface area contributed by atoms with E-state index >= 15 is 0 Å². The summed E-state index contributed by atoms with van der Waals surface area (Å²) in [6.07, 6.45) is 13.9. The van der Waals surface area contributed by atoms with E-state index in [1.165, 1.54) is 29.6 Å². The summed E-state index contributed by atoms with van der Waals surface area (Å²) in [5.41, 5.74) is 4.71. The molecule has 2 rings (SSSR count). The highest BCUT2D eigenvalue weighted by molar-refractivity contribution is 5.57. The van der Waals surface area contributed by atoms with Gasteiger partial charge in [-0.15, -0.1) is 0 Å². The van der Waals surface area contributed by atoms with Crippen LogP contribution in [-0.4, -0.2) is 13.1 Å². The lowest BCUT2D eigenvalue weighted by atomic mass is 9.74. The van der Waals surface area contributed by atoms with E-state index in [2.05, 4.69) is 56.5 Å². The minimum Gasteiger partial charge on any atom is -0.317 e. The van der Waals surface area contributed by atoms with Crippen LogP contribution >= 0.6 is 0 Å². The van der Waals surface area contributed by atoms with Crippen molar-refractivity contribution in [2.24, 2.45) is 5.41 Å². The van der Waals surface area contributed by atoms with Crippen molar-refractivity contribution in [2.45, 2.75) is 33.6 Å². The Kier molecular flexibility index (Phi) is 3.68. The fourth-order valence-corrected chi connectivity index (χ4v) is 3.15. The van der Waals surface area contributed by atoms with E-state index in [0.717, 1.165) is 13.1 Å². The molecule has 1 N–H and O–H groups in total. The first kappa shape index (κ1) is 12.4. The summed E-state index contributed by atoms with van der Waals surface area (Å²) >= 11 is 0. The Balaban J connectivity index is 2.47. The molecule has 17 heavy (non-hydrogen) atoms. The maximum absolute atomic E-state index is 3.47. The third kappa shape index (κ3) is 2.16. The van der Waals surface area contributed by atoms with Crippen LogP contribution in [0, 0.1) is 5.41 Å². The number of nitrogens with one attached hydrogen (secondary N) is 1. The Hall–Kier alpha value is -1.08. The van der Waals surface area contributed by atoms with Gasteiger partial charge >= 0.3 is 0 Å². The molecule has 1 spiro atoms. The summed E-state index contributed by atoms with van der Waals surface area (Å²) < 4.78 is 0. The van der Waals surface area contributed by atoms with Crippen LogP contribution in [0.1, 0.15) is 33.6 Å². The van der Waals surface area contributed by atoms with E-state index < -0.39 is 0 Å². The maximum Gasteiger partial charge on any atom is 0.0168 e. The molecule has 1 aliphatic carbocycles. The normalized spacial score (nSPS) is 24.3. The number of allylic oxidation sites excluding steroid dienone is 8.